The van der Waals surface area contributed by atoms with Gasteiger partial charge >= 0.3 is 0 Å². The minimum Gasteiger partial charge on any atom is -0.368 e. The third kappa shape index (κ3) is 3.00. The van der Waals surface area contributed by atoms with Crippen LogP contribution >= 0.6 is 15.9 Å². The lowest BCUT2D eigenvalue weighted by atomic mass is 10.1. The Balaban J connectivity index is 2.23. The zero-order valence-corrected chi connectivity index (χ0v) is 13.6. The zero-order valence-electron chi connectivity index (χ0n) is 12.0. The fourth-order valence-corrected chi connectivity index (χ4v) is 3.25. The third-order valence-electron chi connectivity index (χ3n) is 4.06. The van der Waals surface area contributed by atoms with Gasteiger partial charge in [0.1, 0.15) is 0 Å². The maximum atomic E-state index is 11.5. The summed E-state index contributed by atoms with van der Waals surface area (Å²) in [6, 6.07) is 7.09. The van der Waals surface area contributed by atoms with E-state index in [1.54, 1.807) is 6.92 Å². The zero-order chi connectivity index (χ0) is 14.2. The summed E-state index contributed by atoms with van der Waals surface area (Å²) in [5.74, 6) is 0.0959. The highest BCUT2D eigenvalue weighted by molar-refractivity contribution is 9.10. The van der Waals surface area contributed by atoms with E-state index in [2.05, 4.69) is 52.7 Å². The molecule has 0 radical (unpaired) electrons. The molecule has 1 aromatic carbocycles. The molecule has 104 valence electrons. The second kappa shape index (κ2) is 5.63. The van der Waals surface area contributed by atoms with Gasteiger partial charge in [0, 0.05) is 40.9 Å². The molecule has 1 fully saturated rings. The fourth-order valence-electron chi connectivity index (χ4n) is 2.60. The number of hydrogen-bond acceptors (Lipinski definition) is 3. The lowest BCUT2D eigenvalue weighted by molar-refractivity contribution is 0.101. The van der Waals surface area contributed by atoms with Crippen LogP contribution in [0.5, 0.6) is 0 Å². The van der Waals surface area contributed by atoms with Crippen molar-refractivity contribution in [3.8, 4) is 0 Å². The summed E-state index contributed by atoms with van der Waals surface area (Å²) in [4.78, 5) is 16.3. The number of hydrogen-bond donors (Lipinski definition) is 0. The monoisotopic (exact) mass is 324 g/mol. The highest BCUT2D eigenvalue weighted by atomic mass is 79.9. The standard InChI is InChI=1S/C15H21BrN2O/c1-10-8-18(9-11(2)17(10)4)13-5-6-14(12(3)19)15(16)7-13/h5-7,10-11H,8-9H2,1-4H3. The Kier molecular flexibility index (Phi) is 4.31. The second-order valence-corrected chi connectivity index (χ2v) is 6.34. The average Bonchev–Trinajstić information content (AvgIpc) is 2.34. The van der Waals surface area contributed by atoms with Gasteiger partial charge in [-0.1, -0.05) is 0 Å². The molecular formula is C15H21BrN2O. The largest absolute Gasteiger partial charge is 0.368 e. The molecule has 0 N–H and O–H groups in total. The number of likely N-dealkylation sites (N-methyl/N-ethyl adjacent to an activating group) is 1. The van der Waals surface area contributed by atoms with E-state index in [0.29, 0.717) is 12.1 Å². The smallest absolute Gasteiger partial charge is 0.160 e. The molecule has 1 saturated heterocycles. The van der Waals surface area contributed by atoms with E-state index in [4.69, 9.17) is 0 Å². The summed E-state index contributed by atoms with van der Waals surface area (Å²) in [7, 11) is 2.18. The van der Waals surface area contributed by atoms with E-state index in [-0.39, 0.29) is 5.78 Å². The van der Waals surface area contributed by atoms with Gasteiger partial charge in [0.15, 0.2) is 5.78 Å². The highest BCUT2D eigenvalue weighted by Gasteiger charge is 2.26. The van der Waals surface area contributed by atoms with Gasteiger partial charge in [-0.2, -0.15) is 0 Å². The Morgan fingerprint density at radius 3 is 2.32 bits per heavy atom. The number of ketones is 1. The minimum atomic E-state index is 0.0959. The topological polar surface area (TPSA) is 23.6 Å². The summed E-state index contributed by atoms with van der Waals surface area (Å²) in [5, 5.41) is 0. The van der Waals surface area contributed by atoms with Gasteiger partial charge in [-0.25, -0.2) is 0 Å². The number of carbonyl (C=O) groups excluding carboxylic acids is 1. The number of rotatable bonds is 2. The predicted octanol–water partition coefficient (Wildman–Crippen LogP) is 3.18. The summed E-state index contributed by atoms with van der Waals surface area (Å²) >= 11 is 3.50. The van der Waals surface area contributed by atoms with Crippen molar-refractivity contribution < 1.29 is 4.79 Å². The van der Waals surface area contributed by atoms with Gasteiger partial charge in [0.25, 0.3) is 0 Å². The van der Waals surface area contributed by atoms with Crippen LogP contribution in [0.3, 0.4) is 0 Å². The number of piperazine rings is 1. The second-order valence-electron chi connectivity index (χ2n) is 5.49. The Morgan fingerprint density at radius 1 is 1.26 bits per heavy atom. The van der Waals surface area contributed by atoms with Crippen molar-refractivity contribution in [3.05, 3.63) is 28.2 Å². The van der Waals surface area contributed by atoms with Crippen LogP contribution in [0.25, 0.3) is 0 Å². The molecule has 0 saturated carbocycles. The lowest BCUT2D eigenvalue weighted by Crippen LogP contribution is -2.55. The molecule has 0 amide bonds. The quantitative estimate of drug-likeness (QED) is 0.780. The Hall–Kier alpha value is -0.870. The van der Waals surface area contributed by atoms with E-state index < -0.39 is 0 Å². The van der Waals surface area contributed by atoms with E-state index in [9.17, 15) is 4.79 Å². The molecule has 1 aliphatic heterocycles. The molecule has 2 rings (SSSR count). The molecule has 0 aliphatic carbocycles. The molecule has 4 heteroatoms. The van der Waals surface area contributed by atoms with Crippen LogP contribution in [-0.2, 0) is 0 Å². The van der Waals surface area contributed by atoms with Crippen molar-refractivity contribution in [1.29, 1.82) is 0 Å². The molecule has 19 heavy (non-hydrogen) atoms. The van der Waals surface area contributed by atoms with Crippen molar-refractivity contribution in [3.63, 3.8) is 0 Å². The van der Waals surface area contributed by atoms with Crippen molar-refractivity contribution in [2.24, 2.45) is 0 Å². The number of benzene rings is 1. The molecule has 1 aromatic rings. The van der Waals surface area contributed by atoms with Gasteiger partial charge in [-0.05, 0) is 61.9 Å². The van der Waals surface area contributed by atoms with Crippen LogP contribution in [0, 0.1) is 0 Å². The number of Topliss-reactive ketones (excluding diaryl/α,β-unsaturated/α-hetero) is 1. The van der Waals surface area contributed by atoms with Crippen molar-refractivity contribution >= 4 is 27.4 Å². The lowest BCUT2D eigenvalue weighted by Gasteiger charge is -2.43. The van der Waals surface area contributed by atoms with Gasteiger partial charge in [0.05, 0.1) is 0 Å². The fraction of sp³-hybridized carbons (Fsp3) is 0.533. The van der Waals surface area contributed by atoms with E-state index in [0.717, 1.165) is 23.1 Å². The number of anilines is 1. The average molecular weight is 325 g/mol. The Bertz CT molecular complexity index is 477. The molecule has 3 nitrogen and oxygen atoms in total. The van der Waals surface area contributed by atoms with Gasteiger partial charge in [-0.3, -0.25) is 9.69 Å². The van der Waals surface area contributed by atoms with Crippen LogP contribution in [0.2, 0.25) is 0 Å². The van der Waals surface area contributed by atoms with E-state index >= 15 is 0 Å². The Labute approximate surface area is 123 Å². The van der Waals surface area contributed by atoms with Gasteiger partial charge in [0.2, 0.25) is 0 Å². The van der Waals surface area contributed by atoms with Crippen molar-refractivity contribution in [2.75, 3.05) is 25.0 Å². The molecule has 1 aliphatic rings. The third-order valence-corrected chi connectivity index (χ3v) is 4.71. The van der Waals surface area contributed by atoms with E-state index in [1.807, 2.05) is 12.1 Å². The number of nitrogens with zero attached hydrogens (tertiary/aromatic N) is 2. The highest BCUT2D eigenvalue weighted by Crippen LogP contribution is 2.27. The molecular weight excluding hydrogens is 304 g/mol. The summed E-state index contributed by atoms with van der Waals surface area (Å²) in [6.07, 6.45) is 0. The van der Waals surface area contributed by atoms with Crippen LogP contribution in [-0.4, -0.2) is 42.9 Å². The van der Waals surface area contributed by atoms with Crippen molar-refractivity contribution in [2.45, 2.75) is 32.9 Å². The maximum absolute atomic E-state index is 11.5. The Morgan fingerprint density at radius 2 is 1.84 bits per heavy atom. The maximum Gasteiger partial charge on any atom is 0.160 e. The van der Waals surface area contributed by atoms with Crippen LogP contribution in [0.1, 0.15) is 31.1 Å². The van der Waals surface area contributed by atoms with Gasteiger partial charge in [-0.15, -0.1) is 0 Å². The first-order valence-corrected chi connectivity index (χ1v) is 7.47. The van der Waals surface area contributed by atoms with E-state index in [1.165, 1.54) is 5.69 Å². The molecule has 1 heterocycles. The van der Waals surface area contributed by atoms with Crippen LogP contribution < -0.4 is 4.90 Å². The number of carbonyl (C=O) groups is 1. The normalized spacial score (nSPS) is 24.6. The predicted molar refractivity (Wildman–Crippen MR) is 83.0 cm³/mol. The minimum absolute atomic E-state index is 0.0959. The summed E-state index contributed by atoms with van der Waals surface area (Å²) in [6.45, 7) is 8.14. The molecule has 0 spiro atoms. The first-order chi connectivity index (χ1) is 8.90. The first kappa shape index (κ1) is 14.5. The van der Waals surface area contributed by atoms with Crippen LogP contribution in [0.4, 0.5) is 5.69 Å². The molecule has 0 bridgehead atoms. The molecule has 0 aromatic heterocycles. The van der Waals surface area contributed by atoms with Gasteiger partial charge < -0.3 is 4.90 Å². The van der Waals surface area contributed by atoms with Crippen LogP contribution in [0.15, 0.2) is 22.7 Å². The SMILES string of the molecule is CC(=O)c1ccc(N2CC(C)N(C)C(C)C2)cc1Br. The number of halogens is 1. The summed E-state index contributed by atoms with van der Waals surface area (Å²) in [5.41, 5.74) is 1.93. The summed E-state index contributed by atoms with van der Waals surface area (Å²) < 4.78 is 0.886. The first-order valence-electron chi connectivity index (χ1n) is 6.67. The molecule has 2 atom stereocenters. The van der Waals surface area contributed by atoms with Crippen molar-refractivity contribution in [1.82, 2.24) is 4.90 Å². The molecule has 2 unspecified atom stereocenters.